The largest absolute Gasteiger partial charge is 0.497 e. The van der Waals surface area contributed by atoms with E-state index in [1.165, 1.54) is 19.2 Å². The van der Waals surface area contributed by atoms with Crippen LogP contribution >= 0.6 is 0 Å². The number of rotatable bonds is 3. The van der Waals surface area contributed by atoms with Crippen molar-refractivity contribution in [3.8, 4) is 5.75 Å². The standard InChI is InChI=1S/C15H20FNO3/c1-10-6-7-17(9-14(10)20-3)15(18)12-5-4-11(19-2)8-13(12)16/h4-5,8,10,14H,6-7,9H2,1-3H3. The number of ether oxygens (including phenoxy) is 2. The smallest absolute Gasteiger partial charge is 0.256 e. The highest BCUT2D eigenvalue weighted by molar-refractivity contribution is 5.94. The van der Waals surface area contributed by atoms with Crippen LogP contribution in [0.15, 0.2) is 18.2 Å². The van der Waals surface area contributed by atoms with Gasteiger partial charge in [-0.1, -0.05) is 6.92 Å². The average molecular weight is 281 g/mol. The zero-order valence-electron chi connectivity index (χ0n) is 12.1. The minimum absolute atomic E-state index is 0.00834. The van der Waals surface area contributed by atoms with Gasteiger partial charge in [-0.25, -0.2) is 4.39 Å². The zero-order valence-corrected chi connectivity index (χ0v) is 12.1. The fourth-order valence-electron chi connectivity index (χ4n) is 2.49. The van der Waals surface area contributed by atoms with Crippen molar-refractivity contribution in [2.24, 2.45) is 5.92 Å². The van der Waals surface area contributed by atoms with Crippen LogP contribution in [-0.2, 0) is 4.74 Å². The molecule has 1 aromatic rings. The maximum Gasteiger partial charge on any atom is 0.256 e. The molecule has 1 fully saturated rings. The Bertz CT molecular complexity index is 492. The highest BCUT2D eigenvalue weighted by Gasteiger charge is 2.30. The molecule has 0 aromatic heterocycles. The number of methoxy groups -OCH3 is 2. The van der Waals surface area contributed by atoms with E-state index in [4.69, 9.17) is 9.47 Å². The van der Waals surface area contributed by atoms with Crippen molar-refractivity contribution < 1.29 is 18.7 Å². The highest BCUT2D eigenvalue weighted by atomic mass is 19.1. The molecule has 1 aliphatic heterocycles. The summed E-state index contributed by atoms with van der Waals surface area (Å²) >= 11 is 0. The lowest BCUT2D eigenvalue weighted by atomic mass is 9.95. The second-order valence-corrected chi connectivity index (χ2v) is 5.14. The van der Waals surface area contributed by atoms with E-state index in [1.807, 2.05) is 0 Å². The van der Waals surface area contributed by atoms with Gasteiger partial charge >= 0.3 is 0 Å². The number of carbonyl (C=O) groups excluding carboxylic acids is 1. The number of likely N-dealkylation sites (tertiary alicyclic amines) is 1. The molecule has 1 aromatic carbocycles. The molecule has 0 saturated carbocycles. The molecule has 0 bridgehead atoms. The maximum absolute atomic E-state index is 13.9. The molecule has 0 N–H and O–H groups in total. The lowest BCUT2D eigenvalue weighted by molar-refractivity contribution is -0.00172. The summed E-state index contributed by atoms with van der Waals surface area (Å²) in [5, 5.41) is 0. The monoisotopic (exact) mass is 281 g/mol. The normalized spacial score (nSPS) is 22.7. The molecule has 2 rings (SSSR count). The predicted molar refractivity (Wildman–Crippen MR) is 73.4 cm³/mol. The van der Waals surface area contributed by atoms with Gasteiger partial charge in [-0.15, -0.1) is 0 Å². The number of hydrogen-bond donors (Lipinski definition) is 0. The van der Waals surface area contributed by atoms with Gasteiger partial charge in [0.25, 0.3) is 5.91 Å². The van der Waals surface area contributed by atoms with Crippen LogP contribution < -0.4 is 4.74 Å². The van der Waals surface area contributed by atoms with Crippen molar-refractivity contribution in [1.82, 2.24) is 4.90 Å². The Morgan fingerprint density at radius 2 is 2.15 bits per heavy atom. The number of benzene rings is 1. The molecule has 2 unspecified atom stereocenters. The summed E-state index contributed by atoms with van der Waals surface area (Å²) in [4.78, 5) is 14.0. The molecule has 1 saturated heterocycles. The van der Waals surface area contributed by atoms with E-state index in [2.05, 4.69) is 6.92 Å². The first-order chi connectivity index (χ1) is 9.56. The van der Waals surface area contributed by atoms with E-state index in [9.17, 15) is 9.18 Å². The Hall–Kier alpha value is -1.62. The van der Waals surface area contributed by atoms with Crippen molar-refractivity contribution in [3.05, 3.63) is 29.6 Å². The molecule has 5 heteroatoms. The quantitative estimate of drug-likeness (QED) is 0.853. The number of nitrogens with zero attached hydrogens (tertiary/aromatic N) is 1. The van der Waals surface area contributed by atoms with Gasteiger partial charge in [0.15, 0.2) is 0 Å². The van der Waals surface area contributed by atoms with E-state index in [0.29, 0.717) is 24.8 Å². The first-order valence-electron chi connectivity index (χ1n) is 6.72. The Kier molecular flexibility index (Phi) is 4.60. The van der Waals surface area contributed by atoms with Crippen LogP contribution in [0.25, 0.3) is 0 Å². The van der Waals surface area contributed by atoms with E-state index in [0.717, 1.165) is 6.42 Å². The molecule has 0 radical (unpaired) electrons. The lowest BCUT2D eigenvalue weighted by Gasteiger charge is -2.36. The number of piperidine rings is 1. The molecular formula is C15H20FNO3. The summed E-state index contributed by atoms with van der Waals surface area (Å²) in [6, 6.07) is 4.29. The predicted octanol–water partition coefficient (Wildman–Crippen LogP) is 2.33. The van der Waals surface area contributed by atoms with Gasteiger partial charge in [0.2, 0.25) is 0 Å². The molecule has 110 valence electrons. The van der Waals surface area contributed by atoms with Crippen molar-refractivity contribution in [2.45, 2.75) is 19.4 Å². The van der Waals surface area contributed by atoms with Crippen LogP contribution in [-0.4, -0.2) is 44.2 Å². The molecular weight excluding hydrogens is 261 g/mol. The number of hydrogen-bond acceptors (Lipinski definition) is 3. The lowest BCUT2D eigenvalue weighted by Crippen LogP contribution is -2.46. The van der Waals surface area contributed by atoms with Crippen LogP contribution in [0.3, 0.4) is 0 Å². The van der Waals surface area contributed by atoms with Crippen LogP contribution in [0.4, 0.5) is 4.39 Å². The highest BCUT2D eigenvalue weighted by Crippen LogP contribution is 2.23. The van der Waals surface area contributed by atoms with Gasteiger partial charge in [0, 0.05) is 26.3 Å². The molecule has 1 aliphatic rings. The molecule has 1 amide bonds. The van der Waals surface area contributed by atoms with Gasteiger partial charge < -0.3 is 14.4 Å². The van der Waals surface area contributed by atoms with Gasteiger partial charge in [-0.3, -0.25) is 4.79 Å². The van der Waals surface area contributed by atoms with Crippen LogP contribution in [0.1, 0.15) is 23.7 Å². The Balaban J connectivity index is 2.15. The molecule has 0 aliphatic carbocycles. The molecule has 1 heterocycles. The summed E-state index contributed by atoms with van der Waals surface area (Å²) in [7, 11) is 3.11. The summed E-state index contributed by atoms with van der Waals surface area (Å²) in [5.74, 6) is -0.0353. The fraction of sp³-hybridized carbons (Fsp3) is 0.533. The minimum atomic E-state index is -0.554. The van der Waals surface area contributed by atoms with Gasteiger partial charge in [-0.2, -0.15) is 0 Å². The van der Waals surface area contributed by atoms with Crippen LogP contribution in [0.2, 0.25) is 0 Å². The summed E-state index contributed by atoms with van der Waals surface area (Å²) in [5.41, 5.74) is 0.0789. The third kappa shape index (κ3) is 2.93. The fourth-order valence-corrected chi connectivity index (χ4v) is 2.49. The Labute approximate surface area is 118 Å². The average Bonchev–Trinajstić information content (AvgIpc) is 2.47. The van der Waals surface area contributed by atoms with Crippen LogP contribution in [0.5, 0.6) is 5.75 Å². The van der Waals surface area contributed by atoms with Gasteiger partial charge in [-0.05, 0) is 24.5 Å². The zero-order chi connectivity index (χ0) is 14.7. The minimum Gasteiger partial charge on any atom is -0.497 e. The molecule has 4 nitrogen and oxygen atoms in total. The van der Waals surface area contributed by atoms with Crippen molar-refractivity contribution in [1.29, 1.82) is 0 Å². The second-order valence-electron chi connectivity index (χ2n) is 5.14. The Morgan fingerprint density at radius 3 is 2.75 bits per heavy atom. The molecule has 20 heavy (non-hydrogen) atoms. The number of amides is 1. The van der Waals surface area contributed by atoms with Crippen molar-refractivity contribution >= 4 is 5.91 Å². The third-order valence-electron chi connectivity index (χ3n) is 3.89. The van der Waals surface area contributed by atoms with E-state index in [-0.39, 0.29) is 17.6 Å². The van der Waals surface area contributed by atoms with Crippen molar-refractivity contribution in [3.63, 3.8) is 0 Å². The molecule has 2 atom stereocenters. The van der Waals surface area contributed by atoms with E-state index in [1.54, 1.807) is 18.1 Å². The van der Waals surface area contributed by atoms with Crippen LogP contribution in [0, 0.1) is 11.7 Å². The Morgan fingerprint density at radius 1 is 1.40 bits per heavy atom. The van der Waals surface area contributed by atoms with E-state index < -0.39 is 5.82 Å². The number of carbonyl (C=O) groups is 1. The summed E-state index contributed by atoms with van der Waals surface area (Å²) in [6.07, 6.45) is 0.871. The summed E-state index contributed by atoms with van der Waals surface area (Å²) in [6.45, 7) is 3.23. The van der Waals surface area contributed by atoms with Gasteiger partial charge in [0.1, 0.15) is 11.6 Å². The SMILES string of the molecule is COc1ccc(C(=O)N2CCC(C)C(OC)C2)c(F)c1. The maximum atomic E-state index is 13.9. The topological polar surface area (TPSA) is 38.8 Å². The first-order valence-corrected chi connectivity index (χ1v) is 6.72. The number of halogens is 1. The first kappa shape index (κ1) is 14.8. The van der Waals surface area contributed by atoms with Crippen molar-refractivity contribution in [2.75, 3.05) is 27.3 Å². The molecule has 0 spiro atoms. The second kappa shape index (κ2) is 6.22. The third-order valence-corrected chi connectivity index (χ3v) is 3.89. The summed E-state index contributed by atoms with van der Waals surface area (Å²) < 4.78 is 24.3. The van der Waals surface area contributed by atoms with Gasteiger partial charge in [0.05, 0.1) is 18.8 Å². The van der Waals surface area contributed by atoms with E-state index >= 15 is 0 Å².